The van der Waals surface area contributed by atoms with Crippen LogP contribution in [0.3, 0.4) is 0 Å². The number of rotatable bonds is 4. The summed E-state index contributed by atoms with van der Waals surface area (Å²) in [7, 11) is 0. The Balaban J connectivity index is 1.93. The number of allylic oxidation sites excluding steroid dienone is 1. The quantitative estimate of drug-likeness (QED) is 0.769. The second-order valence-electron chi connectivity index (χ2n) is 3.83. The van der Waals surface area contributed by atoms with E-state index in [1.807, 2.05) is 12.1 Å². The van der Waals surface area contributed by atoms with Gasteiger partial charge in [-0.25, -0.2) is 0 Å². The lowest BCUT2D eigenvalue weighted by atomic mass is 10.1. The molecule has 1 aliphatic rings. The van der Waals surface area contributed by atoms with Crippen LogP contribution in [0.2, 0.25) is 0 Å². The van der Waals surface area contributed by atoms with Gasteiger partial charge in [-0.15, -0.1) is 0 Å². The third-order valence-electron chi connectivity index (χ3n) is 2.51. The fourth-order valence-corrected chi connectivity index (χ4v) is 1.58. The molecule has 19 heavy (non-hydrogen) atoms. The molecule has 1 aromatic rings. The fraction of sp³-hybridized carbons (Fsp3) is 0.286. The number of hydrogen-bond donors (Lipinski definition) is 0. The zero-order valence-corrected chi connectivity index (χ0v) is 10.2. The van der Waals surface area contributed by atoms with E-state index in [0.29, 0.717) is 25.6 Å². The van der Waals surface area contributed by atoms with E-state index in [1.54, 1.807) is 24.3 Å². The van der Waals surface area contributed by atoms with E-state index in [1.165, 1.54) is 6.08 Å². The lowest BCUT2D eigenvalue weighted by Gasteiger charge is -2.10. The summed E-state index contributed by atoms with van der Waals surface area (Å²) in [4.78, 5) is 0. The van der Waals surface area contributed by atoms with Crippen LogP contribution < -0.4 is 4.74 Å². The summed E-state index contributed by atoms with van der Waals surface area (Å²) >= 11 is 0. The molecule has 1 saturated heterocycles. The van der Waals surface area contributed by atoms with Crippen LogP contribution in [0.25, 0.3) is 6.08 Å². The van der Waals surface area contributed by atoms with Gasteiger partial charge in [0.05, 0.1) is 13.2 Å². The second-order valence-corrected chi connectivity index (χ2v) is 3.83. The second kappa shape index (κ2) is 6.55. The molecule has 1 aromatic carbocycles. The Bertz CT molecular complexity index is 515. The summed E-state index contributed by atoms with van der Waals surface area (Å²) in [6.45, 7) is 1.54. The Morgan fingerprint density at radius 2 is 1.84 bits per heavy atom. The standard InChI is InChI=1S/C14H12N2O3/c15-8-12(9-16)7-11-1-3-13(4-2-11)19-10-14-17-5-6-18-14/h1-4,7,14H,5-6,10H2. The van der Waals surface area contributed by atoms with Gasteiger partial charge in [-0.05, 0) is 23.8 Å². The maximum Gasteiger partial charge on any atom is 0.191 e. The van der Waals surface area contributed by atoms with Gasteiger partial charge in [0.25, 0.3) is 0 Å². The average Bonchev–Trinajstić information content (AvgIpc) is 2.97. The van der Waals surface area contributed by atoms with Crippen LogP contribution in [-0.2, 0) is 9.47 Å². The van der Waals surface area contributed by atoms with Gasteiger partial charge in [0.1, 0.15) is 30.1 Å². The first-order valence-corrected chi connectivity index (χ1v) is 5.80. The highest BCUT2D eigenvalue weighted by Gasteiger charge is 2.16. The molecule has 1 heterocycles. The van der Waals surface area contributed by atoms with Crippen LogP contribution in [-0.4, -0.2) is 26.1 Å². The Morgan fingerprint density at radius 3 is 2.42 bits per heavy atom. The molecule has 5 nitrogen and oxygen atoms in total. The monoisotopic (exact) mass is 256 g/mol. The molecule has 0 radical (unpaired) electrons. The molecule has 0 unspecified atom stereocenters. The highest BCUT2D eigenvalue weighted by atomic mass is 16.7. The highest BCUT2D eigenvalue weighted by molar-refractivity contribution is 5.62. The topological polar surface area (TPSA) is 75.3 Å². The van der Waals surface area contributed by atoms with E-state index >= 15 is 0 Å². The Hall–Kier alpha value is -2.34. The van der Waals surface area contributed by atoms with Crippen molar-refractivity contribution in [1.82, 2.24) is 0 Å². The molecule has 0 amide bonds. The number of ether oxygens (including phenoxy) is 3. The van der Waals surface area contributed by atoms with Crippen LogP contribution in [0, 0.1) is 22.7 Å². The van der Waals surface area contributed by atoms with Crippen molar-refractivity contribution in [1.29, 1.82) is 10.5 Å². The van der Waals surface area contributed by atoms with E-state index < -0.39 is 0 Å². The van der Waals surface area contributed by atoms with Gasteiger partial charge in [0, 0.05) is 0 Å². The molecule has 2 rings (SSSR count). The van der Waals surface area contributed by atoms with Crippen molar-refractivity contribution in [3.63, 3.8) is 0 Å². The van der Waals surface area contributed by atoms with Gasteiger partial charge < -0.3 is 14.2 Å². The van der Waals surface area contributed by atoms with Crippen LogP contribution in [0.15, 0.2) is 29.8 Å². The highest BCUT2D eigenvalue weighted by Crippen LogP contribution is 2.15. The van der Waals surface area contributed by atoms with Crippen molar-refractivity contribution in [3.8, 4) is 17.9 Å². The molecule has 0 atom stereocenters. The maximum atomic E-state index is 8.65. The van der Waals surface area contributed by atoms with Crippen LogP contribution in [0.4, 0.5) is 0 Å². The van der Waals surface area contributed by atoms with Crippen molar-refractivity contribution in [3.05, 3.63) is 35.4 Å². The number of benzene rings is 1. The molecule has 0 saturated carbocycles. The van der Waals surface area contributed by atoms with Crippen molar-refractivity contribution in [2.24, 2.45) is 0 Å². The van der Waals surface area contributed by atoms with Gasteiger partial charge in [0.15, 0.2) is 6.29 Å². The molecule has 0 spiro atoms. The molecule has 0 aromatic heterocycles. The molecular weight excluding hydrogens is 244 g/mol. The fourth-order valence-electron chi connectivity index (χ4n) is 1.58. The van der Waals surface area contributed by atoms with E-state index in [2.05, 4.69) is 0 Å². The third-order valence-corrected chi connectivity index (χ3v) is 2.51. The van der Waals surface area contributed by atoms with Crippen molar-refractivity contribution >= 4 is 6.08 Å². The van der Waals surface area contributed by atoms with Crippen molar-refractivity contribution < 1.29 is 14.2 Å². The predicted octanol–water partition coefficient (Wildman–Crippen LogP) is 1.87. The predicted molar refractivity (Wildman–Crippen MR) is 66.8 cm³/mol. The SMILES string of the molecule is N#CC(C#N)=Cc1ccc(OCC2OCCO2)cc1. The van der Waals surface area contributed by atoms with Crippen LogP contribution in [0.1, 0.15) is 5.56 Å². The summed E-state index contributed by atoms with van der Waals surface area (Å²) in [5.41, 5.74) is 0.847. The molecule has 0 bridgehead atoms. The first-order chi connectivity index (χ1) is 9.31. The largest absolute Gasteiger partial charge is 0.488 e. The molecule has 5 heteroatoms. The van der Waals surface area contributed by atoms with Gasteiger partial charge >= 0.3 is 0 Å². The van der Waals surface area contributed by atoms with E-state index in [0.717, 1.165) is 5.56 Å². The number of nitriles is 2. The minimum atomic E-state index is -0.302. The summed E-state index contributed by atoms with van der Waals surface area (Å²) in [5.74, 6) is 0.687. The molecule has 96 valence electrons. The van der Waals surface area contributed by atoms with Gasteiger partial charge in [0.2, 0.25) is 0 Å². The Kier molecular flexibility index (Phi) is 4.52. The smallest absolute Gasteiger partial charge is 0.191 e. The first-order valence-electron chi connectivity index (χ1n) is 5.80. The molecule has 1 aliphatic heterocycles. The summed E-state index contributed by atoms with van der Waals surface area (Å²) < 4.78 is 16.0. The number of hydrogen-bond acceptors (Lipinski definition) is 5. The first kappa shape index (κ1) is 13.1. The van der Waals surface area contributed by atoms with Crippen molar-refractivity contribution in [2.75, 3.05) is 19.8 Å². The van der Waals surface area contributed by atoms with E-state index in [-0.39, 0.29) is 11.9 Å². The Labute approximate surface area is 111 Å². The molecule has 1 fully saturated rings. The molecule has 0 aliphatic carbocycles. The Morgan fingerprint density at radius 1 is 1.21 bits per heavy atom. The normalized spacial score (nSPS) is 14.4. The minimum absolute atomic E-state index is 0.0708. The van der Waals surface area contributed by atoms with Crippen LogP contribution in [0.5, 0.6) is 5.75 Å². The zero-order chi connectivity index (χ0) is 13.5. The van der Waals surface area contributed by atoms with E-state index in [4.69, 9.17) is 24.7 Å². The van der Waals surface area contributed by atoms with Gasteiger partial charge in [-0.2, -0.15) is 10.5 Å². The number of nitrogens with zero attached hydrogens (tertiary/aromatic N) is 2. The summed E-state index contributed by atoms with van der Waals surface area (Å²) in [6.07, 6.45) is 1.22. The summed E-state index contributed by atoms with van der Waals surface area (Å²) in [6, 6.07) is 10.7. The lowest BCUT2D eigenvalue weighted by molar-refractivity contribution is -0.0684. The molecule has 0 N–H and O–H groups in total. The average molecular weight is 256 g/mol. The third kappa shape index (κ3) is 3.82. The van der Waals surface area contributed by atoms with Crippen molar-refractivity contribution in [2.45, 2.75) is 6.29 Å². The molecular formula is C14H12N2O3. The lowest BCUT2D eigenvalue weighted by Crippen LogP contribution is -2.18. The van der Waals surface area contributed by atoms with E-state index in [9.17, 15) is 0 Å². The zero-order valence-electron chi connectivity index (χ0n) is 10.2. The summed E-state index contributed by atoms with van der Waals surface area (Å²) in [5, 5.41) is 17.3. The van der Waals surface area contributed by atoms with Gasteiger partial charge in [-0.1, -0.05) is 12.1 Å². The van der Waals surface area contributed by atoms with Crippen LogP contribution >= 0.6 is 0 Å². The minimum Gasteiger partial charge on any atom is -0.488 e. The van der Waals surface area contributed by atoms with Gasteiger partial charge in [-0.3, -0.25) is 0 Å². The maximum absolute atomic E-state index is 8.65.